The van der Waals surface area contributed by atoms with Crippen LogP contribution in [0.4, 0.5) is 11.7 Å². The van der Waals surface area contributed by atoms with E-state index in [0.717, 1.165) is 35.6 Å². The number of fused-ring (bicyclic) bond motifs is 1. The number of rotatable bonds is 4. The van der Waals surface area contributed by atoms with Crippen LogP contribution >= 0.6 is 11.6 Å². The zero-order chi connectivity index (χ0) is 15.6. The number of nitrogens with zero attached hydrogens (tertiary/aromatic N) is 2. The van der Waals surface area contributed by atoms with Crippen molar-refractivity contribution < 1.29 is 4.42 Å². The molecular weight excluding hydrogens is 310 g/mol. The molecule has 5 heteroatoms. The molecule has 0 saturated carbocycles. The summed E-state index contributed by atoms with van der Waals surface area (Å²) in [6, 6.07) is 16.9. The number of para-hydroxylation sites is 2. The maximum Gasteiger partial charge on any atom is 0.295 e. The first-order valence-electron chi connectivity index (χ1n) is 7.91. The Bertz CT molecular complexity index is 766. The largest absolute Gasteiger partial charge is 0.424 e. The molecule has 118 valence electrons. The van der Waals surface area contributed by atoms with Gasteiger partial charge in [0.25, 0.3) is 6.01 Å². The van der Waals surface area contributed by atoms with Crippen LogP contribution < -0.4 is 10.2 Å². The Morgan fingerprint density at radius 1 is 1.17 bits per heavy atom. The number of anilines is 2. The fourth-order valence-electron chi connectivity index (χ4n) is 3.17. The molecule has 1 atom stereocenters. The van der Waals surface area contributed by atoms with Crippen molar-refractivity contribution in [1.82, 2.24) is 4.98 Å². The van der Waals surface area contributed by atoms with Gasteiger partial charge < -0.3 is 14.6 Å². The van der Waals surface area contributed by atoms with Crippen LogP contribution in [0.1, 0.15) is 12.8 Å². The van der Waals surface area contributed by atoms with Crippen LogP contribution in [0.25, 0.3) is 11.1 Å². The minimum atomic E-state index is 0.436. The Balaban J connectivity index is 1.46. The minimum Gasteiger partial charge on any atom is -0.424 e. The summed E-state index contributed by atoms with van der Waals surface area (Å²) >= 11 is 5.98. The first-order chi connectivity index (χ1) is 11.3. The second-order valence-corrected chi connectivity index (χ2v) is 6.27. The van der Waals surface area contributed by atoms with Crippen molar-refractivity contribution in [1.29, 1.82) is 0 Å². The fraction of sp³-hybridized carbons (Fsp3) is 0.278. The molecule has 0 spiro atoms. The van der Waals surface area contributed by atoms with Crippen molar-refractivity contribution >= 4 is 34.4 Å². The van der Waals surface area contributed by atoms with Gasteiger partial charge in [-0.1, -0.05) is 23.7 Å². The molecule has 1 aliphatic heterocycles. The Labute approximate surface area is 140 Å². The summed E-state index contributed by atoms with van der Waals surface area (Å²) in [5.74, 6) is 0. The summed E-state index contributed by atoms with van der Waals surface area (Å²) in [7, 11) is 0. The van der Waals surface area contributed by atoms with Gasteiger partial charge in [-0.3, -0.25) is 0 Å². The summed E-state index contributed by atoms with van der Waals surface area (Å²) < 4.78 is 5.73. The zero-order valence-corrected chi connectivity index (χ0v) is 13.5. The molecular formula is C18H18ClN3O. The van der Waals surface area contributed by atoms with Gasteiger partial charge >= 0.3 is 0 Å². The van der Waals surface area contributed by atoms with Crippen LogP contribution in [0.5, 0.6) is 0 Å². The quantitative estimate of drug-likeness (QED) is 0.762. The average molecular weight is 328 g/mol. The Hall–Kier alpha value is -2.20. The molecule has 2 heterocycles. The predicted molar refractivity (Wildman–Crippen MR) is 94.3 cm³/mol. The molecule has 23 heavy (non-hydrogen) atoms. The fourth-order valence-corrected chi connectivity index (χ4v) is 3.30. The monoisotopic (exact) mass is 327 g/mol. The predicted octanol–water partition coefficient (Wildman–Crippen LogP) is 4.56. The molecule has 4 nitrogen and oxygen atoms in total. The third-order valence-corrected chi connectivity index (χ3v) is 4.57. The Kier molecular flexibility index (Phi) is 3.83. The van der Waals surface area contributed by atoms with E-state index in [4.69, 9.17) is 16.0 Å². The molecule has 0 bridgehead atoms. The van der Waals surface area contributed by atoms with Crippen LogP contribution in [0.15, 0.2) is 52.9 Å². The Morgan fingerprint density at radius 3 is 2.83 bits per heavy atom. The normalized spacial score (nSPS) is 17.8. The lowest BCUT2D eigenvalue weighted by Crippen LogP contribution is -2.34. The van der Waals surface area contributed by atoms with Crippen molar-refractivity contribution in [2.24, 2.45) is 0 Å². The first kappa shape index (κ1) is 14.4. The van der Waals surface area contributed by atoms with E-state index in [2.05, 4.69) is 27.3 Å². The molecule has 1 aromatic heterocycles. The molecule has 0 radical (unpaired) electrons. The minimum absolute atomic E-state index is 0.436. The van der Waals surface area contributed by atoms with Gasteiger partial charge in [0.1, 0.15) is 5.52 Å². The molecule has 1 aliphatic rings. The van der Waals surface area contributed by atoms with E-state index >= 15 is 0 Å². The van der Waals surface area contributed by atoms with E-state index in [1.165, 1.54) is 12.1 Å². The van der Waals surface area contributed by atoms with Crippen LogP contribution in [0.2, 0.25) is 5.02 Å². The third-order valence-electron chi connectivity index (χ3n) is 4.32. The number of aromatic nitrogens is 1. The van der Waals surface area contributed by atoms with Gasteiger partial charge in [-0.25, -0.2) is 0 Å². The van der Waals surface area contributed by atoms with E-state index in [1.807, 2.05) is 36.4 Å². The smallest absolute Gasteiger partial charge is 0.295 e. The van der Waals surface area contributed by atoms with Gasteiger partial charge in [0.15, 0.2) is 5.58 Å². The number of halogens is 1. The van der Waals surface area contributed by atoms with Gasteiger partial charge in [-0.15, -0.1) is 0 Å². The van der Waals surface area contributed by atoms with E-state index in [1.54, 1.807) is 0 Å². The van der Waals surface area contributed by atoms with Gasteiger partial charge in [0.2, 0.25) is 0 Å². The van der Waals surface area contributed by atoms with Gasteiger partial charge in [-0.2, -0.15) is 4.98 Å². The highest BCUT2D eigenvalue weighted by Gasteiger charge is 2.25. The topological polar surface area (TPSA) is 41.3 Å². The standard InChI is InChI=1S/C18H18ClN3O/c19-13-7-9-14(10-8-13)22-11-3-4-15(22)12-20-18-21-16-5-1-2-6-17(16)23-18/h1-2,5-10,15H,3-4,11-12H2,(H,20,21)/t15-/m0/s1. The first-order valence-corrected chi connectivity index (χ1v) is 8.29. The second kappa shape index (κ2) is 6.13. The van der Waals surface area contributed by atoms with Crippen LogP contribution in [-0.2, 0) is 0 Å². The summed E-state index contributed by atoms with van der Waals surface area (Å²) in [5, 5.41) is 4.11. The number of benzene rings is 2. The summed E-state index contributed by atoms with van der Waals surface area (Å²) in [6.45, 7) is 1.89. The molecule has 0 aliphatic carbocycles. The maximum atomic E-state index is 5.98. The van der Waals surface area contributed by atoms with E-state index in [9.17, 15) is 0 Å². The number of hydrogen-bond donors (Lipinski definition) is 1. The zero-order valence-electron chi connectivity index (χ0n) is 12.7. The summed E-state index contributed by atoms with van der Waals surface area (Å²) in [6.07, 6.45) is 2.36. The van der Waals surface area contributed by atoms with Gasteiger partial charge in [0, 0.05) is 29.8 Å². The summed E-state index contributed by atoms with van der Waals surface area (Å²) in [5.41, 5.74) is 2.92. The van der Waals surface area contributed by atoms with Crippen LogP contribution in [0.3, 0.4) is 0 Å². The van der Waals surface area contributed by atoms with Crippen LogP contribution in [0, 0.1) is 0 Å². The van der Waals surface area contributed by atoms with Crippen molar-refractivity contribution in [3.63, 3.8) is 0 Å². The van der Waals surface area contributed by atoms with Crippen molar-refractivity contribution in [2.75, 3.05) is 23.3 Å². The molecule has 1 fully saturated rings. The lowest BCUT2D eigenvalue weighted by atomic mass is 10.2. The molecule has 4 rings (SSSR count). The van der Waals surface area contributed by atoms with E-state index in [0.29, 0.717) is 12.1 Å². The van der Waals surface area contributed by atoms with Crippen LogP contribution in [-0.4, -0.2) is 24.1 Å². The second-order valence-electron chi connectivity index (χ2n) is 5.83. The molecule has 2 aromatic carbocycles. The van der Waals surface area contributed by atoms with Crippen molar-refractivity contribution in [2.45, 2.75) is 18.9 Å². The highest BCUT2D eigenvalue weighted by Crippen LogP contribution is 2.27. The summed E-state index contributed by atoms with van der Waals surface area (Å²) in [4.78, 5) is 6.89. The highest BCUT2D eigenvalue weighted by molar-refractivity contribution is 6.30. The number of hydrogen-bond acceptors (Lipinski definition) is 4. The number of nitrogens with one attached hydrogen (secondary N) is 1. The SMILES string of the molecule is Clc1ccc(N2CCC[C@H]2CNc2nc3ccccc3o2)cc1. The molecule has 1 saturated heterocycles. The van der Waals surface area contributed by atoms with Gasteiger partial charge in [0.05, 0.1) is 0 Å². The maximum absolute atomic E-state index is 5.98. The molecule has 1 N–H and O–H groups in total. The average Bonchev–Trinajstić information content (AvgIpc) is 3.19. The third kappa shape index (κ3) is 2.99. The van der Waals surface area contributed by atoms with Gasteiger partial charge in [-0.05, 0) is 49.2 Å². The lowest BCUT2D eigenvalue weighted by Gasteiger charge is -2.26. The Morgan fingerprint density at radius 2 is 2.00 bits per heavy atom. The van der Waals surface area contributed by atoms with Crippen molar-refractivity contribution in [3.8, 4) is 0 Å². The van der Waals surface area contributed by atoms with E-state index in [-0.39, 0.29) is 0 Å². The number of oxazole rings is 1. The molecule has 0 unspecified atom stereocenters. The molecule has 0 amide bonds. The molecule has 3 aromatic rings. The van der Waals surface area contributed by atoms with Crippen molar-refractivity contribution in [3.05, 3.63) is 53.6 Å². The van der Waals surface area contributed by atoms with E-state index < -0.39 is 0 Å². The lowest BCUT2D eigenvalue weighted by molar-refractivity contribution is 0.601. The highest BCUT2D eigenvalue weighted by atomic mass is 35.5.